The predicted octanol–water partition coefficient (Wildman–Crippen LogP) is 1.04. The standard InChI is InChI=1S/C14H20N2O3S/c1-19-10-14(18)16-6-4-11(5-7-16)15-13(17)9-12-3-2-8-20-12/h2-3,8,11H,4-7,9-10H2,1H3,(H,15,17). The zero-order valence-electron chi connectivity index (χ0n) is 11.6. The number of piperidine rings is 1. The zero-order valence-corrected chi connectivity index (χ0v) is 12.4. The molecule has 1 saturated heterocycles. The number of carbonyl (C=O) groups excluding carboxylic acids is 2. The van der Waals surface area contributed by atoms with Crippen molar-refractivity contribution in [2.24, 2.45) is 0 Å². The van der Waals surface area contributed by atoms with Gasteiger partial charge in [-0.1, -0.05) is 6.07 Å². The molecular weight excluding hydrogens is 276 g/mol. The van der Waals surface area contributed by atoms with Crippen LogP contribution in [0.2, 0.25) is 0 Å². The Morgan fingerprint density at radius 2 is 2.20 bits per heavy atom. The molecule has 0 spiro atoms. The highest BCUT2D eigenvalue weighted by atomic mass is 32.1. The van der Waals surface area contributed by atoms with Crippen molar-refractivity contribution < 1.29 is 14.3 Å². The van der Waals surface area contributed by atoms with Crippen LogP contribution >= 0.6 is 11.3 Å². The second-order valence-corrected chi connectivity index (χ2v) is 5.94. The Hall–Kier alpha value is -1.40. The highest BCUT2D eigenvalue weighted by Gasteiger charge is 2.23. The first-order valence-electron chi connectivity index (χ1n) is 6.77. The quantitative estimate of drug-likeness (QED) is 0.883. The summed E-state index contributed by atoms with van der Waals surface area (Å²) in [5, 5.41) is 5.02. The molecule has 1 aliphatic heterocycles. The summed E-state index contributed by atoms with van der Waals surface area (Å²) in [6.07, 6.45) is 2.07. The van der Waals surface area contributed by atoms with E-state index >= 15 is 0 Å². The maximum Gasteiger partial charge on any atom is 0.248 e. The normalized spacial score (nSPS) is 16.1. The Morgan fingerprint density at radius 1 is 1.45 bits per heavy atom. The van der Waals surface area contributed by atoms with E-state index in [0.717, 1.165) is 17.7 Å². The summed E-state index contributed by atoms with van der Waals surface area (Å²) in [6, 6.07) is 4.10. The number of carbonyl (C=O) groups is 2. The molecule has 2 heterocycles. The summed E-state index contributed by atoms with van der Waals surface area (Å²) in [4.78, 5) is 26.4. The molecule has 0 unspecified atom stereocenters. The van der Waals surface area contributed by atoms with Crippen molar-refractivity contribution in [3.63, 3.8) is 0 Å². The fraction of sp³-hybridized carbons (Fsp3) is 0.571. The summed E-state index contributed by atoms with van der Waals surface area (Å²) < 4.78 is 4.85. The number of rotatable bonds is 5. The molecule has 1 aromatic rings. The first-order valence-corrected chi connectivity index (χ1v) is 7.65. The number of amides is 2. The minimum atomic E-state index is 0.0239. The Morgan fingerprint density at radius 3 is 2.80 bits per heavy atom. The molecule has 5 nitrogen and oxygen atoms in total. The largest absolute Gasteiger partial charge is 0.375 e. The van der Waals surface area contributed by atoms with Crippen LogP contribution < -0.4 is 5.32 Å². The van der Waals surface area contributed by atoms with Gasteiger partial charge in [0.05, 0.1) is 6.42 Å². The van der Waals surface area contributed by atoms with E-state index in [1.165, 1.54) is 7.11 Å². The van der Waals surface area contributed by atoms with Crippen LogP contribution in [0.25, 0.3) is 0 Å². The van der Waals surface area contributed by atoms with E-state index in [1.54, 1.807) is 16.2 Å². The number of ether oxygens (including phenoxy) is 1. The van der Waals surface area contributed by atoms with Gasteiger partial charge in [0, 0.05) is 31.1 Å². The lowest BCUT2D eigenvalue weighted by atomic mass is 10.0. The van der Waals surface area contributed by atoms with Crippen molar-refractivity contribution in [2.75, 3.05) is 26.8 Å². The van der Waals surface area contributed by atoms with Crippen molar-refractivity contribution in [1.29, 1.82) is 0 Å². The molecular formula is C14H20N2O3S. The van der Waals surface area contributed by atoms with E-state index in [2.05, 4.69) is 5.32 Å². The molecule has 0 aliphatic carbocycles. The first-order chi connectivity index (χ1) is 9.69. The van der Waals surface area contributed by atoms with E-state index in [4.69, 9.17) is 4.74 Å². The maximum atomic E-state index is 11.9. The summed E-state index contributed by atoms with van der Waals surface area (Å²) >= 11 is 1.60. The van der Waals surface area contributed by atoms with Crippen LogP contribution in [0.4, 0.5) is 0 Å². The number of methoxy groups -OCH3 is 1. The van der Waals surface area contributed by atoms with Crippen LogP contribution in [0, 0.1) is 0 Å². The van der Waals surface area contributed by atoms with Crippen molar-refractivity contribution >= 4 is 23.2 Å². The van der Waals surface area contributed by atoms with Gasteiger partial charge >= 0.3 is 0 Å². The van der Waals surface area contributed by atoms with Crippen molar-refractivity contribution in [1.82, 2.24) is 10.2 Å². The lowest BCUT2D eigenvalue weighted by molar-refractivity contribution is -0.136. The van der Waals surface area contributed by atoms with Gasteiger partial charge in [0.1, 0.15) is 6.61 Å². The van der Waals surface area contributed by atoms with Crippen molar-refractivity contribution in [3.8, 4) is 0 Å². The third-order valence-electron chi connectivity index (χ3n) is 3.40. The van der Waals surface area contributed by atoms with Crippen LogP contribution in [0.15, 0.2) is 17.5 Å². The molecule has 0 atom stereocenters. The van der Waals surface area contributed by atoms with Crippen LogP contribution in [-0.2, 0) is 20.7 Å². The SMILES string of the molecule is COCC(=O)N1CCC(NC(=O)Cc2cccs2)CC1. The molecule has 0 saturated carbocycles. The van der Waals surface area contributed by atoms with E-state index in [0.29, 0.717) is 19.5 Å². The zero-order chi connectivity index (χ0) is 14.4. The van der Waals surface area contributed by atoms with Gasteiger partial charge in [0.25, 0.3) is 0 Å². The molecule has 110 valence electrons. The molecule has 1 aliphatic rings. The molecule has 1 N–H and O–H groups in total. The van der Waals surface area contributed by atoms with Gasteiger partial charge < -0.3 is 15.0 Å². The predicted molar refractivity (Wildman–Crippen MR) is 77.6 cm³/mol. The molecule has 1 fully saturated rings. The Bertz CT molecular complexity index is 439. The number of hydrogen-bond donors (Lipinski definition) is 1. The van der Waals surface area contributed by atoms with Crippen LogP contribution in [0.3, 0.4) is 0 Å². The maximum absolute atomic E-state index is 11.9. The lowest BCUT2D eigenvalue weighted by Gasteiger charge is -2.32. The Kier molecular flexibility index (Phi) is 5.55. The molecule has 2 amide bonds. The van der Waals surface area contributed by atoms with E-state index in [-0.39, 0.29) is 24.5 Å². The summed E-state index contributed by atoms with van der Waals surface area (Å²) in [5.74, 6) is 0.0879. The van der Waals surface area contributed by atoms with Crippen LogP contribution in [-0.4, -0.2) is 49.6 Å². The number of thiophene rings is 1. The molecule has 0 bridgehead atoms. The topological polar surface area (TPSA) is 58.6 Å². The number of nitrogens with zero attached hydrogens (tertiary/aromatic N) is 1. The fourth-order valence-corrected chi connectivity index (χ4v) is 3.04. The highest BCUT2D eigenvalue weighted by Crippen LogP contribution is 2.12. The van der Waals surface area contributed by atoms with Crippen LogP contribution in [0.5, 0.6) is 0 Å². The monoisotopic (exact) mass is 296 g/mol. The van der Waals surface area contributed by atoms with Crippen molar-refractivity contribution in [2.45, 2.75) is 25.3 Å². The van der Waals surface area contributed by atoms with Gasteiger partial charge in [-0.25, -0.2) is 0 Å². The fourth-order valence-electron chi connectivity index (χ4n) is 2.34. The molecule has 2 rings (SSSR count). The van der Waals surface area contributed by atoms with Gasteiger partial charge in [-0.05, 0) is 24.3 Å². The van der Waals surface area contributed by atoms with Crippen molar-refractivity contribution in [3.05, 3.63) is 22.4 Å². The number of hydrogen-bond acceptors (Lipinski definition) is 4. The van der Waals surface area contributed by atoms with Gasteiger partial charge in [-0.15, -0.1) is 11.3 Å². The second-order valence-electron chi connectivity index (χ2n) is 4.91. The third-order valence-corrected chi connectivity index (χ3v) is 4.27. The number of likely N-dealkylation sites (tertiary alicyclic amines) is 1. The molecule has 0 radical (unpaired) electrons. The Labute approximate surface area is 122 Å². The summed E-state index contributed by atoms with van der Waals surface area (Å²) in [6.45, 7) is 1.51. The molecule has 6 heteroatoms. The minimum Gasteiger partial charge on any atom is -0.375 e. The lowest BCUT2D eigenvalue weighted by Crippen LogP contribution is -2.47. The highest BCUT2D eigenvalue weighted by molar-refractivity contribution is 7.10. The van der Waals surface area contributed by atoms with Gasteiger partial charge in [0.2, 0.25) is 11.8 Å². The second kappa shape index (κ2) is 7.40. The smallest absolute Gasteiger partial charge is 0.248 e. The van der Waals surface area contributed by atoms with Crippen LogP contribution in [0.1, 0.15) is 17.7 Å². The van der Waals surface area contributed by atoms with E-state index in [9.17, 15) is 9.59 Å². The van der Waals surface area contributed by atoms with E-state index in [1.807, 2.05) is 17.5 Å². The Balaban J connectivity index is 1.71. The summed E-state index contributed by atoms with van der Waals surface area (Å²) in [5.41, 5.74) is 0. The van der Waals surface area contributed by atoms with Gasteiger partial charge in [0.15, 0.2) is 0 Å². The first kappa shape index (κ1) is 15.0. The van der Waals surface area contributed by atoms with Gasteiger partial charge in [-0.3, -0.25) is 9.59 Å². The van der Waals surface area contributed by atoms with E-state index < -0.39 is 0 Å². The average Bonchev–Trinajstić information content (AvgIpc) is 2.92. The molecule has 20 heavy (non-hydrogen) atoms. The third kappa shape index (κ3) is 4.31. The molecule has 1 aromatic heterocycles. The van der Waals surface area contributed by atoms with Gasteiger partial charge in [-0.2, -0.15) is 0 Å². The average molecular weight is 296 g/mol. The minimum absolute atomic E-state index is 0.0239. The number of nitrogens with one attached hydrogen (secondary N) is 1. The summed E-state index contributed by atoms with van der Waals surface area (Å²) in [7, 11) is 1.52. The molecule has 0 aromatic carbocycles.